The van der Waals surface area contributed by atoms with Gasteiger partial charge in [0.2, 0.25) is 0 Å². The summed E-state index contributed by atoms with van der Waals surface area (Å²) in [7, 11) is 0. The fourth-order valence-corrected chi connectivity index (χ4v) is 1.13. The molecule has 0 saturated carbocycles. The molecule has 1 fully saturated rings. The van der Waals surface area contributed by atoms with Gasteiger partial charge in [-0.2, -0.15) is 0 Å². The first-order valence-electron chi connectivity index (χ1n) is 3.52. The van der Waals surface area contributed by atoms with Gasteiger partial charge in [0, 0.05) is 6.54 Å². The number of hydrogen-bond donors (Lipinski definition) is 1. The normalized spacial score (nSPS) is 45.0. The van der Waals surface area contributed by atoms with Crippen LogP contribution in [0.5, 0.6) is 0 Å². The second-order valence-electron chi connectivity index (χ2n) is 3.14. The lowest BCUT2D eigenvalue weighted by molar-refractivity contribution is 0.0823. The minimum Gasteiger partial charge on any atom is -0.314 e. The molecule has 2 atom stereocenters. The molecule has 0 spiro atoms. The molecule has 0 bridgehead atoms. The van der Waals surface area contributed by atoms with Crippen LogP contribution in [0.2, 0.25) is 0 Å². The van der Waals surface area contributed by atoms with E-state index in [0.29, 0.717) is 6.54 Å². The fourth-order valence-electron chi connectivity index (χ4n) is 1.13. The number of piperidine rings is 1. The van der Waals surface area contributed by atoms with E-state index >= 15 is 0 Å². The highest BCUT2D eigenvalue weighted by atomic mass is 19.1. The molecule has 54 valence electrons. The van der Waals surface area contributed by atoms with Gasteiger partial charge in [-0.05, 0) is 25.8 Å². The van der Waals surface area contributed by atoms with E-state index in [0.717, 1.165) is 13.0 Å². The lowest BCUT2D eigenvalue weighted by atomic mass is 9.87. The molecule has 0 amide bonds. The Labute approximate surface area is 55.6 Å². The maximum atomic E-state index is 13.2. The van der Waals surface area contributed by atoms with Crippen molar-refractivity contribution in [2.75, 3.05) is 13.1 Å². The van der Waals surface area contributed by atoms with Gasteiger partial charge in [0.05, 0.1) is 0 Å². The lowest BCUT2D eigenvalue weighted by Gasteiger charge is -2.32. The van der Waals surface area contributed by atoms with Crippen molar-refractivity contribution in [1.29, 1.82) is 0 Å². The Bertz CT molecular complexity index is 101. The van der Waals surface area contributed by atoms with Crippen LogP contribution in [-0.4, -0.2) is 18.8 Å². The summed E-state index contributed by atoms with van der Waals surface area (Å²) in [6.45, 7) is 5.14. The first-order valence-corrected chi connectivity index (χ1v) is 3.52. The average Bonchev–Trinajstić information content (AvgIpc) is 1.77. The van der Waals surface area contributed by atoms with Gasteiger partial charge < -0.3 is 5.32 Å². The van der Waals surface area contributed by atoms with Gasteiger partial charge >= 0.3 is 0 Å². The van der Waals surface area contributed by atoms with Gasteiger partial charge in [0.25, 0.3) is 0 Å². The zero-order valence-electron chi connectivity index (χ0n) is 6.08. The summed E-state index contributed by atoms with van der Waals surface area (Å²) in [6, 6.07) is 0. The van der Waals surface area contributed by atoms with Gasteiger partial charge in [0.1, 0.15) is 5.67 Å². The highest BCUT2D eigenvalue weighted by molar-refractivity contribution is 4.86. The summed E-state index contributed by atoms with van der Waals surface area (Å²) in [5.74, 6) is 0.221. The van der Waals surface area contributed by atoms with E-state index in [1.807, 2.05) is 6.92 Å². The lowest BCUT2D eigenvalue weighted by Crippen LogP contribution is -2.45. The van der Waals surface area contributed by atoms with E-state index in [1.54, 1.807) is 6.92 Å². The maximum absolute atomic E-state index is 13.2. The number of hydrogen-bond acceptors (Lipinski definition) is 1. The third-order valence-electron chi connectivity index (χ3n) is 2.25. The summed E-state index contributed by atoms with van der Waals surface area (Å²) in [5, 5.41) is 3.03. The molecule has 1 aliphatic heterocycles. The van der Waals surface area contributed by atoms with Crippen molar-refractivity contribution in [1.82, 2.24) is 5.32 Å². The summed E-state index contributed by atoms with van der Waals surface area (Å²) >= 11 is 0. The zero-order chi connectivity index (χ0) is 6.91. The van der Waals surface area contributed by atoms with Crippen molar-refractivity contribution in [2.24, 2.45) is 5.92 Å². The average molecular weight is 131 g/mol. The molecule has 1 aliphatic rings. The fraction of sp³-hybridized carbons (Fsp3) is 1.00. The molecule has 9 heavy (non-hydrogen) atoms. The molecule has 1 rings (SSSR count). The van der Waals surface area contributed by atoms with Crippen LogP contribution in [0.3, 0.4) is 0 Å². The van der Waals surface area contributed by atoms with E-state index in [-0.39, 0.29) is 5.92 Å². The Hall–Kier alpha value is -0.110. The molecule has 1 heterocycles. The molecule has 2 heteroatoms. The molecule has 0 aliphatic carbocycles. The first-order chi connectivity index (χ1) is 4.13. The van der Waals surface area contributed by atoms with Crippen molar-refractivity contribution < 1.29 is 4.39 Å². The van der Waals surface area contributed by atoms with E-state index in [1.165, 1.54) is 0 Å². The smallest absolute Gasteiger partial charge is 0.123 e. The van der Waals surface area contributed by atoms with Crippen molar-refractivity contribution in [3.8, 4) is 0 Å². The van der Waals surface area contributed by atoms with Crippen LogP contribution >= 0.6 is 0 Å². The van der Waals surface area contributed by atoms with E-state index in [4.69, 9.17) is 0 Å². The second kappa shape index (κ2) is 2.25. The number of rotatable bonds is 0. The van der Waals surface area contributed by atoms with E-state index in [2.05, 4.69) is 5.32 Å². The minimum atomic E-state index is -0.974. The van der Waals surface area contributed by atoms with Crippen molar-refractivity contribution in [3.05, 3.63) is 0 Å². The topological polar surface area (TPSA) is 12.0 Å². The summed E-state index contributed by atoms with van der Waals surface area (Å²) in [4.78, 5) is 0. The Morgan fingerprint density at radius 3 is 2.67 bits per heavy atom. The minimum absolute atomic E-state index is 0.221. The van der Waals surface area contributed by atoms with Crippen LogP contribution in [-0.2, 0) is 0 Å². The second-order valence-corrected chi connectivity index (χ2v) is 3.14. The van der Waals surface area contributed by atoms with Gasteiger partial charge in [-0.1, -0.05) is 6.92 Å². The summed E-state index contributed by atoms with van der Waals surface area (Å²) in [6.07, 6.45) is 0.965. The Kier molecular flexibility index (Phi) is 1.75. The Morgan fingerprint density at radius 1 is 1.67 bits per heavy atom. The molecule has 0 radical (unpaired) electrons. The van der Waals surface area contributed by atoms with Crippen LogP contribution < -0.4 is 5.32 Å². The monoisotopic (exact) mass is 131 g/mol. The van der Waals surface area contributed by atoms with Gasteiger partial charge in [-0.15, -0.1) is 0 Å². The number of nitrogens with one attached hydrogen (secondary N) is 1. The van der Waals surface area contributed by atoms with Crippen molar-refractivity contribution in [3.63, 3.8) is 0 Å². The van der Waals surface area contributed by atoms with Crippen LogP contribution in [0.4, 0.5) is 4.39 Å². The first kappa shape index (κ1) is 7.00. The molecule has 2 unspecified atom stereocenters. The van der Waals surface area contributed by atoms with Crippen molar-refractivity contribution in [2.45, 2.75) is 25.9 Å². The molecule has 0 aromatic rings. The maximum Gasteiger partial charge on any atom is 0.123 e. The van der Waals surface area contributed by atoms with Gasteiger partial charge in [0.15, 0.2) is 0 Å². The number of halogens is 1. The number of alkyl halides is 1. The predicted octanol–water partition coefficient (Wildman–Crippen LogP) is 1.34. The molecule has 0 aromatic carbocycles. The summed E-state index contributed by atoms with van der Waals surface area (Å²) < 4.78 is 13.2. The van der Waals surface area contributed by atoms with E-state index in [9.17, 15) is 4.39 Å². The quantitative estimate of drug-likeness (QED) is 0.523. The van der Waals surface area contributed by atoms with Gasteiger partial charge in [-0.3, -0.25) is 0 Å². The SMILES string of the molecule is CC1CCNCC1(C)F. The third-order valence-corrected chi connectivity index (χ3v) is 2.25. The zero-order valence-corrected chi connectivity index (χ0v) is 6.08. The molecular formula is C7H14FN. The third kappa shape index (κ3) is 1.42. The highest BCUT2D eigenvalue weighted by Crippen LogP contribution is 2.26. The van der Waals surface area contributed by atoms with Crippen LogP contribution in [0, 0.1) is 5.92 Å². The van der Waals surface area contributed by atoms with Crippen LogP contribution in [0.1, 0.15) is 20.3 Å². The van der Waals surface area contributed by atoms with Gasteiger partial charge in [-0.25, -0.2) is 4.39 Å². The summed E-state index contributed by atoms with van der Waals surface area (Å²) in [5.41, 5.74) is -0.974. The molecule has 0 aromatic heterocycles. The van der Waals surface area contributed by atoms with Crippen LogP contribution in [0.25, 0.3) is 0 Å². The molecule has 1 saturated heterocycles. The molecule has 1 nitrogen and oxygen atoms in total. The molecular weight excluding hydrogens is 117 g/mol. The highest BCUT2D eigenvalue weighted by Gasteiger charge is 2.32. The predicted molar refractivity (Wildman–Crippen MR) is 36.2 cm³/mol. The standard InChI is InChI=1S/C7H14FN/c1-6-3-4-9-5-7(6,2)8/h6,9H,3-5H2,1-2H3. The molecule has 1 N–H and O–H groups in total. The van der Waals surface area contributed by atoms with Crippen molar-refractivity contribution >= 4 is 0 Å². The Balaban J connectivity index is 2.49. The van der Waals surface area contributed by atoms with Crippen LogP contribution in [0.15, 0.2) is 0 Å². The Morgan fingerprint density at radius 2 is 2.33 bits per heavy atom. The largest absolute Gasteiger partial charge is 0.314 e. The van der Waals surface area contributed by atoms with E-state index < -0.39 is 5.67 Å².